The predicted molar refractivity (Wildman–Crippen MR) is 137 cm³/mol. The first-order chi connectivity index (χ1) is 16.3. The highest BCUT2D eigenvalue weighted by Crippen LogP contribution is 2.43. The van der Waals surface area contributed by atoms with Crippen LogP contribution in [0.5, 0.6) is 0 Å². The van der Waals surface area contributed by atoms with E-state index in [1.165, 1.54) is 6.20 Å². The summed E-state index contributed by atoms with van der Waals surface area (Å²) in [6, 6.07) is 8.98. The predicted octanol–water partition coefficient (Wildman–Crippen LogP) is 5.54. The third-order valence-electron chi connectivity index (χ3n) is 6.16. The van der Waals surface area contributed by atoms with Gasteiger partial charge in [0.2, 0.25) is 0 Å². The lowest BCUT2D eigenvalue weighted by Crippen LogP contribution is -2.40. The minimum atomic E-state index is -4.17. The topological polar surface area (TPSA) is 120 Å². The Balaban J connectivity index is 2.35. The van der Waals surface area contributed by atoms with E-state index in [1.54, 1.807) is 24.3 Å². The molecule has 0 saturated heterocycles. The molecule has 0 unspecified atom stereocenters. The maximum Gasteiger partial charge on any atom is 0.342 e. The Kier molecular flexibility index (Phi) is 7.77. The van der Waals surface area contributed by atoms with Crippen LogP contribution in [0.15, 0.2) is 47.3 Å². The Morgan fingerprint density at radius 3 is 2.20 bits per heavy atom. The maximum absolute atomic E-state index is 13.4. The monoisotopic (exact) mass is 500 g/mol. The zero-order valence-corrected chi connectivity index (χ0v) is 22.0. The number of pyridine rings is 1. The molecule has 190 valence electrons. The molecule has 3 N–H and O–H groups in total. The molecule has 7 nitrogen and oxygen atoms in total. The van der Waals surface area contributed by atoms with Crippen LogP contribution in [-0.4, -0.2) is 30.1 Å². The van der Waals surface area contributed by atoms with Gasteiger partial charge in [-0.3, -0.25) is 0 Å². The van der Waals surface area contributed by atoms with Gasteiger partial charge in [0.05, 0.1) is 0 Å². The summed E-state index contributed by atoms with van der Waals surface area (Å²) in [5.41, 5.74) is 0.924. The van der Waals surface area contributed by atoms with Gasteiger partial charge < -0.3 is 9.84 Å². The van der Waals surface area contributed by atoms with E-state index in [4.69, 9.17) is 9.88 Å². The number of primary sulfonamides is 1. The molecule has 0 saturated carbocycles. The fourth-order valence-corrected chi connectivity index (χ4v) is 5.68. The van der Waals surface area contributed by atoms with Gasteiger partial charge in [-0.15, -0.1) is 0 Å². The summed E-state index contributed by atoms with van der Waals surface area (Å²) in [7, 11) is -4.17. The second kappa shape index (κ2) is 10.1. The molecule has 0 fully saturated rings. The van der Waals surface area contributed by atoms with Crippen LogP contribution in [0.25, 0.3) is 16.7 Å². The molecule has 1 aliphatic heterocycles. The number of carbonyl (C=O) groups excluding carboxylic acids is 1. The molecule has 1 aromatic heterocycles. The van der Waals surface area contributed by atoms with Crippen molar-refractivity contribution in [3.8, 4) is 11.1 Å². The molecule has 1 aromatic carbocycles. The second-order valence-corrected chi connectivity index (χ2v) is 12.0. The van der Waals surface area contributed by atoms with E-state index >= 15 is 0 Å². The number of nitrogens with two attached hydrogens (primary N) is 1. The number of benzene rings is 1. The first-order valence-electron chi connectivity index (χ1n) is 12.1. The van der Waals surface area contributed by atoms with Crippen molar-refractivity contribution in [3.63, 3.8) is 0 Å². The number of aliphatic hydroxyl groups is 1. The van der Waals surface area contributed by atoms with Crippen molar-refractivity contribution in [3.05, 3.63) is 53.4 Å². The molecule has 35 heavy (non-hydrogen) atoms. The highest BCUT2D eigenvalue weighted by molar-refractivity contribution is 7.89. The van der Waals surface area contributed by atoms with Crippen LogP contribution < -0.4 is 5.14 Å². The summed E-state index contributed by atoms with van der Waals surface area (Å²) in [5.74, 6) is -0.669. The van der Waals surface area contributed by atoms with Gasteiger partial charge in [0.15, 0.2) is 5.03 Å². The van der Waals surface area contributed by atoms with Crippen molar-refractivity contribution < 1.29 is 23.1 Å². The van der Waals surface area contributed by atoms with Crippen LogP contribution in [0.1, 0.15) is 77.8 Å². The Hall–Kier alpha value is -2.71. The van der Waals surface area contributed by atoms with Gasteiger partial charge in [-0.05, 0) is 35.8 Å². The normalized spacial score (nSPS) is 16.3. The zero-order valence-electron chi connectivity index (χ0n) is 21.2. The summed E-state index contributed by atoms with van der Waals surface area (Å²) in [6.45, 7) is 10.1. The minimum absolute atomic E-state index is 0.0396. The van der Waals surface area contributed by atoms with Gasteiger partial charge in [0, 0.05) is 23.7 Å². The Morgan fingerprint density at radius 2 is 1.71 bits per heavy atom. The van der Waals surface area contributed by atoms with Crippen molar-refractivity contribution in [2.45, 2.75) is 83.8 Å². The second-order valence-electron chi connectivity index (χ2n) is 10.6. The van der Waals surface area contributed by atoms with E-state index in [1.807, 2.05) is 40.7 Å². The largest absolute Gasteiger partial charge is 0.511 e. The van der Waals surface area contributed by atoms with Gasteiger partial charge in [-0.2, -0.15) is 0 Å². The molecule has 0 bridgehead atoms. The molecule has 0 spiro atoms. The van der Waals surface area contributed by atoms with Crippen molar-refractivity contribution in [1.82, 2.24) is 4.98 Å². The summed E-state index contributed by atoms with van der Waals surface area (Å²) >= 11 is 0. The highest BCUT2D eigenvalue weighted by Gasteiger charge is 2.42. The Bertz CT molecular complexity index is 1220. The van der Waals surface area contributed by atoms with Crippen molar-refractivity contribution in [1.29, 1.82) is 0 Å². The lowest BCUT2D eigenvalue weighted by molar-refractivity contribution is -0.157. The van der Waals surface area contributed by atoms with Gasteiger partial charge in [0.1, 0.15) is 16.9 Å². The number of aromatic nitrogens is 1. The van der Waals surface area contributed by atoms with E-state index in [9.17, 15) is 18.3 Å². The van der Waals surface area contributed by atoms with Crippen LogP contribution >= 0.6 is 0 Å². The zero-order chi connectivity index (χ0) is 26.0. The Labute approximate surface area is 208 Å². The molecule has 0 atom stereocenters. The van der Waals surface area contributed by atoms with Crippen molar-refractivity contribution in [2.75, 3.05) is 0 Å². The van der Waals surface area contributed by atoms with E-state index in [-0.39, 0.29) is 28.2 Å². The number of hydrogen-bond donors (Lipinski definition) is 2. The molecule has 0 radical (unpaired) electrons. The maximum atomic E-state index is 13.4. The number of hydrogen-bond acceptors (Lipinski definition) is 6. The summed E-state index contributed by atoms with van der Waals surface area (Å²) < 4.78 is 31.1. The number of carbonyl (C=O) groups is 1. The number of esters is 1. The number of rotatable bonds is 8. The molecular formula is C27H36N2O5S. The fraction of sp³-hybridized carbons (Fsp3) is 0.481. The van der Waals surface area contributed by atoms with Crippen LogP contribution in [0.2, 0.25) is 0 Å². The van der Waals surface area contributed by atoms with Crippen molar-refractivity contribution in [2.24, 2.45) is 10.6 Å². The fourth-order valence-electron chi connectivity index (χ4n) is 4.95. The standard InChI is InChI=1S/C27H36N2O5S/c1-6-13-27(14-7-2)16-21(30)23(25(31)34-27)20-17-29-24(35(28,32)33)22(18-11-9-8-10-12-18)19(20)15-26(3,4)5/h8-12,17,30H,6-7,13-16H2,1-5H3,(H2,28,32,33). The van der Waals surface area contributed by atoms with E-state index in [0.717, 1.165) is 12.8 Å². The lowest BCUT2D eigenvalue weighted by Gasteiger charge is -2.37. The van der Waals surface area contributed by atoms with Crippen LogP contribution in [0, 0.1) is 5.41 Å². The third kappa shape index (κ3) is 5.93. The first-order valence-corrected chi connectivity index (χ1v) is 13.6. The van der Waals surface area contributed by atoms with Crippen LogP contribution in [0.4, 0.5) is 0 Å². The van der Waals surface area contributed by atoms with Crippen LogP contribution in [0.3, 0.4) is 0 Å². The third-order valence-corrected chi connectivity index (χ3v) is 7.01. The molecule has 8 heteroatoms. The molecule has 3 rings (SSSR count). The van der Waals surface area contributed by atoms with Gasteiger partial charge in [-0.1, -0.05) is 77.8 Å². The number of aliphatic hydroxyl groups excluding tert-OH is 1. The quantitative estimate of drug-likeness (QED) is 0.459. The van der Waals surface area contributed by atoms with Gasteiger partial charge >= 0.3 is 5.97 Å². The highest BCUT2D eigenvalue weighted by atomic mass is 32.2. The first kappa shape index (κ1) is 26.9. The molecule has 0 aliphatic carbocycles. The smallest absolute Gasteiger partial charge is 0.342 e. The molecule has 2 heterocycles. The van der Waals surface area contributed by atoms with E-state index in [0.29, 0.717) is 41.5 Å². The molecule has 2 aromatic rings. The molecule has 1 aliphatic rings. The Morgan fingerprint density at radius 1 is 1.11 bits per heavy atom. The van der Waals surface area contributed by atoms with Crippen molar-refractivity contribution >= 4 is 21.6 Å². The van der Waals surface area contributed by atoms with Gasteiger partial charge in [0.25, 0.3) is 10.0 Å². The number of ether oxygens (including phenoxy) is 1. The van der Waals surface area contributed by atoms with E-state index < -0.39 is 21.6 Å². The number of sulfonamides is 1. The molecular weight excluding hydrogens is 464 g/mol. The molecule has 0 amide bonds. The average Bonchev–Trinajstić information content (AvgIpc) is 2.73. The minimum Gasteiger partial charge on any atom is -0.511 e. The number of nitrogens with zero attached hydrogens (tertiary/aromatic N) is 1. The summed E-state index contributed by atoms with van der Waals surface area (Å²) in [6.07, 6.45) is 4.88. The van der Waals surface area contributed by atoms with Crippen LogP contribution in [-0.2, 0) is 26.0 Å². The average molecular weight is 501 g/mol. The van der Waals surface area contributed by atoms with E-state index in [2.05, 4.69) is 4.98 Å². The van der Waals surface area contributed by atoms with Gasteiger partial charge in [-0.25, -0.2) is 23.3 Å². The summed E-state index contributed by atoms with van der Waals surface area (Å²) in [5, 5.41) is 16.5. The number of cyclic esters (lactones) is 1. The SMILES string of the molecule is CCCC1(CCC)CC(O)=C(c2cnc(S(N)(=O)=O)c(-c3ccccc3)c2CC(C)(C)C)C(=O)O1. The lowest BCUT2D eigenvalue weighted by atomic mass is 9.80. The summed E-state index contributed by atoms with van der Waals surface area (Å²) in [4.78, 5) is 17.6.